The fourth-order valence-corrected chi connectivity index (χ4v) is 0.453. The van der Waals surface area contributed by atoms with Crippen LogP contribution in [0.2, 0.25) is 0 Å². The summed E-state index contributed by atoms with van der Waals surface area (Å²) < 4.78 is 0. The molecule has 1 atom stereocenters. The summed E-state index contributed by atoms with van der Waals surface area (Å²) in [6, 6.07) is 0. The second-order valence-corrected chi connectivity index (χ2v) is 2.16. The molecule has 0 spiro atoms. The first-order chi connectivity index (χ1) is 3.68. The summed E-state index contributed by atoms with van der Waals surface area (Å²) in [5.41, 5.74) is 1.23. The molecule has 8 heavy (non-hydrogen) atoms. The Kier molecular flexibility index (Phi) is 3.25. The zero-order valence-electron chi connectivity index (χ0n) is 5.94. The Hall–Kier alpha value is -0.520. The molecule has 0 heterocycles. The molecule has 0 aliphatic heterocycles. The normalized spacial score (nSPS) is 14.4. The molecule has 0 rings (SSSR count). The third kappa shape index (κ3) is 2.62. The van der Waals surface area contributed by atoms with E-state index in [1.54, 1.807) is 0 Å². The molecule has 46 valence electrons. The molecule has 0 aromatic carbocycles. The standard InChI is InChI=1S/C8H14/c1-5-6-8(4)7(2)3/h5-6,8H,2H2,1,3-4H3. The van der Waals surface area contributed by atoms with Gasteiger partial charge >= 0.3 is 0 Å². The van der Waals surface area contributed by atoms with Crippen molar-refractivity contribution in [2.24, 2.45) is 5.92 Å². The molecule has 0 saturated carbocycles. The second kappa shape index (κ2) is 3.48. The van der Waals surface area contributed by atoms with Gasteiger partial charge < -0.3 is 0 Å². The molecule has 0 nitrogen and oxygen atoms in total. The number of hydrogen-bond donors (Lipinski definition) is 0. The summed E-state index contributed by atoms with van der Waals surface area (Å²) in [7, 11) is 0. The smallest absolute Gasteiger partial charge is 0.00572 e. The van der Waals surface area contributed by atoms with Crippen LogP contribution < -0.4 is 0 Å². The number of allylic oxidation sites excluding steroid dienone is 3. The van der Waals surface area contributed by atoms with E-state index in [1.165, 1.54) is 5.57 Å². The molecular formula is C8H14. The molecule has 0 aromatic rings. The van der Waals surface area contributed by atoms with Crippen LogP contribution in [0, 0.1) is 5.92 Å². The Labute approximate surface area is 51.9 Å². The van der Waals surface area contributed by atoms with E-state index in [2.05, 4.69) is 25.7 Å². The Balaban J connectivity index is 3.64. The van der Waals surface area contributed by atoms with E-state index in [4.69, 9.17) is 0 Å². The second-order valence-electron chi connectivity index (χ2n) is 2.16. The van der Waals surface area contributed by atoms with E-state index in [1.807, 2.05) is 13.8 Å². The van der Waals surface area contributed by atoms with E-state index < -0.39 is 0 Å². The van der Waals surface area contributed by atoms with Crippen LogP contribution >= 0.6 is 0 Å². The highest BCUT2D eigenvalue weighted by molar-refractivity contribution is 5.03. The van der Waals surface area contributed by atoms with Crippen molar-refractivity contribution in [2.75, 3.05) is 0 Å². The maximum Gasteiger partial charge on any atom is -0.00572 e. The molecular weight excluding hydrogens is 96.1 g/mol. The van der Waals surface area contributed by atoms with Crippen LogP contribution in [0.15, 0.2) is 24.3 Å². The maximum atomic E-state index is 3.82. The monoisotopic (exact) mass is 110 g/mol. The van der Waals surface area contributed by atoms with Gasteiger partial charge in [-0.2, -0.15) is 0 Å². The van der Waals surface area contributed by atoms with Crippen molar-refractivity contribution >= 4 is 0 Å². The van der Waals surface area contributed by atoms with E-state index in [-0.39, 0.29) is 0 Å². The van der Waals surface area contributed by atoms with Gasteiger partial charge in [-0.15, -0.1) is 0 Å². The largest absolute Gasteiger partial charge is 0.0996 e. The van der Waals surface area contributed by atoms with Crippen molar-refractivity contribution < 1.29 is 0 Å². The minimum absolute atomic E-state index is 0.542. The van der Waals surface area contributed by atoms with Crippen molar-refractivity contribution in [3.8, 4) is 0 Å². The van der Waals surface area contributed by atoms with Gasteiger partial charge in [0, 0.05) is 0 Å². The van der Waals surface area contributed by atoms with E-state index in [0.717, 1.165) is 0 Å². The third-order valence-corrected chi connectivity index (χ3v) is 1.26. The Morgan fingerprint density at radius 1 is 1.62 bits per heavy atom. The van der Waals surface area contributed by atoms with Crippen LogP contribution in [-0.2, 0) is 0 Å². The lowest BCUT2D eigenvalue weighted by Crippen LogP contribution is -1.87. The van der Waals surface area contributed by atoms with Gasteiger partial charge in [-0.05, 0) is 19.8 Å². The quantitative estimate of drug-likeness (QED) is 0.479. The molecule has 0 fully saturated rings. The summed E-state index contributed by atoms with van der Waals surface area (Å²) in [4.78, 5) is 0. The first-order valence-electron chi connectivity index (χ1n) is 2.96. The molecule has 0 aliphatic rings. The summed E-state index contributed by atoms with van der Waals surface area (Å²) in [6.45, 7) is 10.0. The van der Waals surface area contributed by atoms with Crippen molar-refractivity contribution in [1.29, 1.82) is 0 Å². The zero-order chi connectivity index (χ0) is 6.57. The highest BCUT2D eigenvalue weighted by Crippen LogP contribution is 2.06. The molecule has 0 aromatic heterocycles. The Morgan fingerprint density at radius 3 is 2.25 bits per heavy atom. The molecule has 1 unspecified atom stereocenters. The number of hydrogen-bond acceptors (Lipinski definition) is 0. The van der Waals surface area contributed by atoms with Gasteiger partial charge in [0.1, 0.15) is 0 Å². The lowest BCUT2D eigenvalue weighted by Gasteiger charge is -2.01. The van der Waals surface area contributed by atoms with Crippen LogP contribution in [0.4, 0.5) is 0 Å². The van der Waals surface area contributed by atoms with Crippen molar-refractivity contribution in [3.05, 3.63) is 24.3 Å². The van der Waals surface area contributed by atoms with Gasteiger partial charge in [-0.3, -0.25) is 0 Å². The Morgan fingerprint density at radius 2 is 2.12 bits per heavy atom. The topological polar surface area (TPSA) is 0 Å². The average molecular weight is 110 g/mol. The first-order valence-corrected chi connectivity index (χ1v) is 2.96. The van der Waals surface area contributed by atoms with Crippen molar-refractivity contribution in [3.63, 3.8) is 0 Å². The maximum absolute atomic E-state index is 3.82. The van der Waals surface area contributed by atoms with Crippen molar-refractivity contribution in [1.82, 2.24) is 0 Å². The van der Waals surface area contributed by atoms with Crippen LogP contribution in [0.5, 0.6) is 0 Å². The van der Waals surface area contributed by atoms with Gasteiger partial charge in [0.05, 0.1) is 0 Å². The van der Waals surface area contributed by atoms with Gasteiger partial charge in [0.25, 0.3) is 0 Å². The first kappa shape index (κ1) is 7.48. The molecule has 0 saturated heterocycles. The van der Waals surface area contributed by atoms with Crippen LogP contribution in [0.25, 0.3) is 0 Å². The predicted octanol–water partition coefficient (Wildman–Crippen LogP) is 2.77. The van der Waals surface area contributed by atoms with E-state index in [0.29, 0.717) is 5.92 Å². The molecule has 0 radical (unpaired) electrons. The minimum Gasteiger partial charge on any atom is -0.0996 e. The fourth-order valence-electron chi connectivity index (χ4n) is 0.453. The van der Waals surface area contributed by atoms with Crippen molar-refractivity contribution in [2.45, 2.75) is 20.8 Å². The predicted molar refractivity (Wildman–Crippen MR) is 38.8 cm³/mol. The van der Waals surface area contributed by atoms with Gasteiger partial charge in [-0.1, -0.05) is 31.2 Å². The summed E-state index contributed by atoms with van der Waals surface area (Å²) >= 11 is 0. The fraction of sp³-hybridized carbons (Fsp3) is 0.500. The molecule has 0 N–H and O–H groups in total. The van der Waals surface area contributed by atoms with Crippen LogP contribution in [0.1, 0.15) is 20.8 Å². The zero-order valence-corrected chi connectivity index (χ0v) is 5.94. The Bertz CT molecular complexity index is 98.6. The highest BCUT2D eigenvalue weighted by atomic mass is 14.0. The van der Waals surface area contributed by atoms with Crippen LogP contribution in [0.3, 0.4) is 0 Å². The van der Waals surface area contributed by atoms with E-state index in [9.17, 15) is 0 Å². The molecule has 0 bridgehead atoms. The number of rotatable bonds is 2. The lowest BCUT2D eigenvalue weighted by atomic mass is 10.0. The average Bonchev–Trinajstić information content (AvgIpc) is 1.67. The van der Waals surface area contributed by atoms with Gasteiger partial charge in [0.15, 0.2) is 0 Å². The molecule has 0 aliphatic carbocycles. The van der Waals surface area contributed by atoms with E-state index >= 15 is 0 Å². The summed E-state index contributed by atoms with van der Waals surface area (Å²) in [5.74, 6) is 0.542. The lowest BCUT2D eigenvalue weighted by molar-refractivity contribution is 0.866. The third-order valence-electron chi connectivity index (χ3n) is 1.26. The summed E-state index contributed by atoms with van der Waals surface area (Å²) in [5, 5.41) is 0. The van der Waals surface area contributed by atoms with Crippen LogP contribution in [-0.4, -0.2) is 0 Å². The highest BCUT2D eigenvalue weighted by Gasteiger charge is 1.92. The molecule has 0 amide bonds. The summed E-state index contributed by atoms with van der Waals surface area (Å²) in [6.07, 6.45) is 4.20. The molecule has 0 heteroatoms. The van der Waals surface area contributed by atoms with Gasteiger partial charge in [0.2, 0.25) is 0 Å². The van der Waals surface area contributed by atoms with Gasteiger partial charge in [-0.25, -0.2) is 0 Å². The minimum atomic E-state index is 0.542. The SMILES string of the molecule is C=C(C)C(C)C=CC.